The quantitative estimate of drug-likeness (QED) is 0.840. The van der Waals surface area contributed by atoms with Gasteiger partial charge in [-0.3, -0.25) is 0 Å². The molecule has 1 N–H and O–H groups in total. The summed E-state index contributed by atoms with van der Waals surface area (Å²) in [7, 11) is 0. The van der Waals surface area contributed by atoms with Crippen LogP contribution in [0.25, 0.3) is 0 Å². The molecule has 3 heteroatoms. The molecule has 2 atom stereocenters. The molecule has 1 aliphatic carbocycles. The van der Waals surface area contributed by atoms with E-state index < -0.39 is 0 Å². The summed E-state index contributed by atoms with van der Waals surface area (Å²) < 4.78 is 0.880. The van der Waals surface area contributed by atoms with E-state index in [2.05, 4.69) is 37.5 Å². The van der Waals surface area contributed by atoms with Crippen LogP contribution in [0.4, 0.5) is 0 Å². The summed E-state index contributed by atoms with van der Waals surface area (Å²) in [6, 6.07) is 2.48. The molecule has 84 valence electrons. The summed E-state index contributed by atoms with van der Waals surface area (Å²) in [5.41, 5.74) is 1.88. The summed E-state index contributed by atoms with van der Waals surface area (Å²) in [5, 5.41) is 5.71. The summed E-state index contributed by atoms with van der Waals surface area (Å²) in [6.07, 6.45) is 1.36. The number of nitrogens with one attached hydrogen (secondary N) is 1. The van der Waals surface area contributed by atoms with Gasteiger partial charge in [0.15, 0.2) is 0 Å². The summed E-state index contributed by atoms with van der Waals surface area (Å²) in [6.45, 7) is 8.01. The zero-order valence-electron chi connectivity index (χ0n) is 9.51. The zero-order chi connectivity index (χ0) is 11.1. The Hall–Kier alpha value is -0.0500. The monoisotopic (exact) mass is 243 g/mol. The molecule has 1 heterocycles. The minimum absolute atomic E-state index is 0.421. The third-order valence-corrected chi connectivity index (χ3v) is 4.59. The standard InChI is InChI=1S/C12H18ClNS/c1-8(9-4-11(13)15-7-9)14-6-10-5-12(10,2)3/h4,7-8,10,14H,5-6H2,1-3H3. The number of hydrogen-bond acceptors (Lipinski definition) is 2. The van der Waals surface area contributed by atoms with E-state index in [9.17, 15) is 0 Å². The smallest absolute Gasteiger partial charge is 0.0931 e. The molecule has 0 radical (unpaired) electrons. The second-order valence-electron chi connectivity index (χ2n) is 5.20. The SMILES string of the molecule is CC(NCC1CC1(C)C)c1csc(Cl)c1. The molecule has 0 bridgehead atoms. The lowest BCUT2D eigenvalue weighted by atomic mass is 10.1. The number of hydrogen-bond donors (Lipinski definition) is 1. The molecule has 0 aromatic carbocycles. The first-order chi connectivity index (χ1) is 6.99. The Kier molecular flexibility index (Phi) is 3.11. The summed E-state index contributed by atoms with van der Waals surface area (Å²) in [5.74, 6) is 0.856. The highest BCUT2D eigenvalue weighted by Crippen LogP contribution is 2.51. The van der Waals surface area contributed by atoms with E-state index >= 15 is 0 Å². The molecule has 1 saturated carbocycles. The lowest BCUT2D eigenvalue weighted by Gasteiger charge is -2.13. The van der Waals surface area contributed by atoms with Crippen LogP contribution < -0.4 is 5.32 Å². The van der Waals surface area contributed by atoms with Crippen LogP contribution in [0.5, 0.6) is 0 Å². The van der Waals surface area contributed by atoms with Crippen molar-refractivity contribution in [1.29, 1.82) is 0 Å². The van der Waals surface area contributed by atoms with Gasteiger partial charge in [0, 0.05) is 6.04 Å². The van der Waals surface area contributed by atoms with Gasteiger partial charge in [-0.2, -0.15) is 0 Å². The fourth-order valence-electron chi connectivity index (χ4n) is 1.91. The minimum atomic E-state index is 0.421. The van der Waals surface area contributed by atoms with Crippen LogP contribution in [0.15, 0.2) is 11.4 Å². The first-order valence-electron chi connectivity index (χ1n) is 5.46. The molecule has 2 rings (SSSR count). The van der Waals surface area contributed by atoms with Crippen molar-refractivity contribution in [1.82, 2.24) is 5.32 Å². The van der Waals surface area contributed by atoms with Crippen LogP contribution in [-0.2, 0) is 0 Å². The molecule has 1 aromatic rings. The molecule has 1 aliphatic rings. The van der Waals surface area contributed by atoms with Crippen LogP contribution in [0.3, 0.4) is 0 Å². The van der Waals surface area contributed by atoms with Gasteiger partial charge >= 0.3 is 0 Å². The van der Waals surface area contributed by atoms with Gasteiger partial charge in [-0.1, -0.05) is 25.4 Å². The van der Waals surface area contributed by atoms with E-state index in [0.717, 1.165) is 16.8 Å². The molecular formula is C12H18ClNS. The molecule has 0 amide bonds. The highest BCUT2D eigenvalue weighted by atomic mass is 35.5. The van der Waals surface area contributed by atoms with Gasteiger partial charge in [0.25, 0.3) is 0 Å². The van der Waals surface area contributed by atoms with Gasteiger partial charge in [-0.15, -0.1) is 11.3 Å². The van der Waals surface area contributed by atoms with Crippen molar-refractivity contribution in [2.45, 2.75) is 33.2 Å². The van der Waals surface area contributed by atoms with Crippen LogP contribution in [0.1, 0.15) is 38.8 Å². The molecular weight excluding hydrogens is 226 g/mol. The maximum Gasteiger partial charge on any atom is 0.0931 e. The predicted molar refractivity (Wildman–Crippen MR) is 67.6 cm³/mol. The average Bonchev–Trinajstić information content (AvgIpc) is 2.59. The normalized spacial score (nSPS) is 25.2. The van der Waals surface area contributed by atoms with E-state index in [4.69, 9.17) is 11.6 Å². The molecule has 0 aliphatic heterocycles. The maximum atomic E-state index is 5.92. The van der Waals surface area contributed by atoms with Gasteiger partial charge in [-0.25, -0.2) is 0 Å². The van der Waals surface area contributed by atoms with Crippen molar-refractivity contribution in [2.75, 3.05) is 6.54 Å². The van der Waals surface area contributed by atoms with Crippen molar-refractivity contribution in [3.8, 4) is 0 Å². The predicted octanol–water partition coefficient (Wildman–Crippen LogP) is 4.10. The van der Waals surface area contributed by atoms with E-state index in [0.29, 0.717) is 11.5 Å². The highest BCUT2D eigenvalue weighted by Gasteiger charge is 2.44. The van der Waals surface area contributed by atoms with Crippen LogP contribution in [-0.4, -0.2) is 6.54 Å². The Bertz CT molecular complexity index is 345. The van der Waals surface area contributed by atoms with Crippen LogP contribution in [0.2, 0.25) is 4.34 Å². The van der Waals surface area contributed by atoms with Crippen LogP contribution >= 0.6 is 22.9 Å². The van der Waals surface area contributed by atoms with E-state index in [1.165, 1.54) is 12.0 Å². The van der Waals surface area contributed by atoms with Crippen LogP contribution in [0, 0.1) is 11.3 Å². The third kappa shape index (κ3) is 2.74. The van der Waals surface area contributed by atoms with Gasteiger partial charge in [0.05, 0.1) is 4.34 Å². The number of rotatable bonds is 4. The van der Waals surface area contributed by atoms with Crippen molar-refractivity contribution in [2.24, 2.45) is 11.3 Å². The number of thiophene rings is 1. The third-order valence-electron chi connectivity index (χ3n) is 3.48. The van der Waals surface area contributed by atoms with Gasteiger partial charge < -0.3 is 5.32 Å². The van der Waals surface area contributed by atoms with Gasteiger partial charge in [0.2, 0.25) is 0 Å². The molecule has 1 aromatic heterocycles. The molecule has 2 unspecified atom stereocenters. The second kappa shape index (κ2) is 4.08. The maximum absolute atomic E-state index is 5.92. The molecule has 0 saturated heterocycles. The largest absolute Gasteiger partial charge is 0.310 e. The Labute approximate surface area is 101 Å². The molecule has 1 nitrogen and oxygen atoms in total. The number of halogens is 1. The molecule has 0 spiro atoms. The fraction of sp³-hybridized carbons (Fsp3) is 0.667. The topological polar surface area (TPSA) is 12.0 Å². The Morgan fingerprint density at radius 2 is 2.33 bits per heavy atom. The lowest BCUT2D eigenvalue weighted by molar-refractivity contribution is 0.485. The van der Waals surface area contributed by atoms with Crippen molar-refractivity contribution >= 4 is 22.9 Å². The lowest BCUT2D eigenvalue weighted by Crippen LogP contribution is -2.22. The second-order valence-corrected chi connectivity index (χ2v) is 6.75. The van der Waals surface area contributed by atoms with E-state index in [-0.39, 0.29) is 0 Å². The highest BCUT2D eigenvalue weighted by molar-refractivity contribution is 7.14. The first-order valence-corrected chi connectivity index (χ1v) is 6.72. The van der Waals surface area contributed by atoms with Crippen molar-refractivity contribution in [3.05, 3.63) is 21.3 Å². The van der Waals surface area contributed by atoms with Crippen molar-refractivity contribution < 1.29 is 0 Å². The molecule has 1 fully saturated rings. The molecule has 15 heavy (non-hydrogen) atoms. The zero-order valence-corrected chi connectivity index (χ0v) is 11.1. The summed E-state index contributed by atoms with van der Waals surface area (Å²) >= 11 is 7.52. The average molecular weight is 244 g/mol. The summed E-state index contributed by atoms with van der Waals surface area (Å²) in [4.78, 5) is 0. The van der Waals surface area contributed by atoms with Crippen molar-refractivity contribution in [3.63, 3.8) is 0 Å². The Morgan fingerprint density at radius 3 is 2.80 bits per heavy atom. The van der Waals surface area contributed by atoms with E-state index in [1.54, 1.807) is 11.3 Å². The first kappa shape index (κ1) is 11.4. The Morgan fingerprint density at radius 1 is 1.67 bits per heavy atom. The minimum Gasteiger partial charge on any atom is -0.310 e. The van der Waals surface area contributed by atoms with Gasteiger partial charge in [0.1, 0.15) is 0 Å². The van der Waals surface area contributed by atoms with E-state index in [1.807, 2.05) is 0 Å². The van der Waals surface area contributed by atoms with Gasteiger partial charge in [-0.05, 0) is 48.2 Å². The Balaban J connectivity index is 1.81. The fourth-order valence-corrected chi connectivity index (χ4v) is 2.90.